The molecule has 2 rings (SSSR count). The predicted molar refractivity (Wildman–Crippen MR) is 79.2 cm³/mol. The fourth-order valence-corrected chi connectivity index (χ4v) is 2.46. The second-order valence-corrected chi connectivity index (χ2v) is 5.23. The number of hydrogen-bond acceptors (Lipinski definition) is 3. The van der Waals surface area contributed by atoms with E-state index in [1.165, 1.54) is 0 Å². The number of halogens is 1. The Bertz CT molecular complexity index is 553. The SMILES string of the molecule is CC(N)c1ccc(Oc2ccc(CO)cc2)cc1Br. The van der Waals surface area contributed by atoms with Crippen molar-refractivity contribution in [2.45, 2.75) is 19.6 Å². The largest absolute Gasteiger partial charge is 0.457 e. The molecule has 1 unspecified atom stereocenters. The standard InChI is InChI=1S/C15H16BrNO2/c1-10(17)14-7-6-13(8-15(14)16)19-12-4-2-11(9-18)3-5-12/h2-8,10,18H,9,17H2,1H3. The molecule has 2 aromatic carbocycles. The van der Waals surface area contributed by atoms with Gasteiger partial charge in [0.25, 0.3) is 0 Å². The summed E-state index contributed by atoms with van der Waals surface area (Å²) >= 11 is 3.49. The smallest absolute Gasteiger partial charge is 0.128 e. The number of nitrogens with two attached hydrogens (primary N) is 1. The Labute approximate surface area is 121 Å². The molecule has 0 saturated carbocycles. The molecule has 0 amide bonds. The summed E-state index contributed by atoms with van der Waals surface area (Å²) < 4.78 is 6.68. The van der Waals surface area contributed by atoms with Crippen molar-refractivity contribution in [2.24, 2.45) is 5.73 Å². The van der Waals surface area contributed by atoms with Gasteiger partial charge in [0.2, 0.25) is 0 Å². The minimum atomic E-state index is -0.0211. The minimum Gasteiger partial charge on any atom is -0.457 e. The Balaban J connectivity index is 2.16. The highest BCUT2D eigenvalue weighted by Crippen LogP contribution is 2.29. The van der Waals surface area contributed by atoms with Crippen LogP contribution in [0.3, 0.4) is 0 Å². The van der Waals surface area contributed by atoms with Gasteiger partial charge in [-0.3, -0.25) is 0 Å². The van der Waals surface area contributed by atoms with Crippen LogP contribution in [0.2, 0.25) is 0 Å². The lowest BCUT2D eigenvalue weighted by molar-refractivity contribution is 0.281. The average Bonchev–Trinajstić information content (AvgIpc) is 2.39. The summed E-state index contributed by atoms with van der Waals surface area (Å²) in [5.41, 5.74) is 7.76. The molecule has 0 spiro atoms. The molecule has 19 heavy (non-hydrogen) atoms. The van der Waals surface area contributed by atoms with Crippen LogP contribution in [0.15, 0.2) is 46.9 Å². The first-order chi connectivity index (χ1) is 9.10. The van der Waals surface area contributed by atoms with Gasteiger partial charge in [0, 0.05) is 10.5 Å². The zero-order chi connectivity index (χ0) is 13.8. The summed E-state index contributed by atoms with van der Waals surface area (Å²) in [6, 6.07) is 13.1. The lowest BCUT2D eigenvalue weighted by Crippen LogP contribution is -2.05. The van der Waals surface area contributed by atoms with E-state index in [4.69, 9.17) is 15.6 Å². The second kappa shape index (κ2) is 6.19. The van der Waals surface area contributed by atoms with E-state index in [9.17, 15) is 0 Å². The van der Waals surface area contributed by atoms with Crippen molar-refractivity contribution >= 4 is 15.9 Å². The van der Waals surface area contributed by atoms with Gasteiger partial charge in [0.15, 0.2) is 0 Å². The van der Waals surface area contributed by atoms with Gasteiger partial charge in [-0.2, -0.15) is 0 Å². The minimum absolute atomic E-state index is 0.0211. The molecule has 0 aromatic heterocycles. The quantitative estimate of drug-likeness (QED) is 0.901. The summed E-state index contributed by atoms with van der Waals surface area (Å²) in [6.07, 6.45) is 0. The Kier molecular flexibility index (Phi) is 4.58. The van der Waals surface area contributed by atoms with Crippen molar-refractivity contribution in [3.05, 3.63) is 58.1 Å². The predicted octanol–water partition coefficient (Wildman–Crippen LogP) is 3.75. The molecular weight excluding hydrogens is 306 g/mol. The summed E-state index contributed by atoms with van der Waals surface area (Å²) in [7, 11) is 0. The van der Waals surface area contributed by atoms with E-state index in [1.807, 2.05) is 49.4 Å². The van der Waals surface area contributed by atoms with Gasteiger partial charge in [0.05, 0.1) is 6.61 Å². The Morgan fingerprint density at radius 2 is 1.79 bits per heavy atom. The lowest BCUT2D eigenvalue weighted by atomic mass is 10.1. The first-order valence-corrected chi connectivity index (χ1v) is 6.82. The zero-order valence-corrected chi connectivity index (χ0v) is 12.2. The Morgan fingerprint density at radius 3 is 2.32 bits per heavy atom. The first-order valence-electron chi connectivity index (χ1n) is 6.03. The van der Waals surface area contributed by atoms with Crippen LogP contribution in [0.1, 0.15) is 24.1 Å². The molecule has 0 radical (unpaired) electrons. The van der Waals surface area contributed by atoms with E-state index in [0.29, 0.717) is 0 Å². The zero-order valence-electron chi connectivity index (χ0n) is 10.6. The van der Waals surface area contributed by atoms with E-state index in [0.717, 1.165) is 27.1 Å². The third kappa shape index (κ3) is 3.56. The molecule has 0 heterocycles. The van der Waals surface area contributed by atoms with Crippen LogP contribution >= 0.6 is 15.9 Å². The van der Waals surface area contributed by atoms with Crippen molar-refractivity contribution in [1.82, 2.24) is 0 Å². The summed E-state index contributed by atoms with van der Waals surface area (Å²) in [5.74, 6) is 1.48. The summed E-state index contributed by atoms with van der Waals surface area (Å²) in [4.78, 5) is 0. The van der Waals surface area contributed by atoms with Crippen molar-refractivity contribution in [3.63, 3.8) is 0 Å². The molecule has 4 heteroatoms. The van der Waals surface area contributed by atoms with Gasteiger partial charge < -0.3 is 15.6 Å². The molecule has 0 aliphatic heterocycles. The molecule has 0 fully saturated rings. The van der Waals surface area contributed by atoms with Gasteiger partial charge in [-0.25, -0.2) is 0 Å². The van der Waals surface area contributed by atoms with Crippen LogP contribution in [-0.2, 0) is 6.61 Å². The number of rotatable bonds is 4. The maximum atomic E-state index is 8.98. The molecule has 0 saturated heterocycles. The van der Waals surface area contributed by atoms with E-state index in [2.05, 4.69) is 15.9 Å². The normalized spacial score (nSPS) is 12.2. The summed E-state index contributed by atoms with van der Waals surface area (Å²) in [6.45, 7) is 1.98. The van der Waals surface area contributed by atoms with Crippen LogP contribution in [0.25, 0.3) is 0 Å². The van der Waals surface area contributed by atoms with Crippen molar-refractivity contribution in [3.8, 4) is 11.5 Å². The number of ether oxygens (including phenoxy) is 1. The molecule has 3 nitrogen and oxygen atoms in total. The second-order valence-electron chi connectivity index (χ2n) is 4.38. The van der Waals surface area contributed by atoms with Crippen molar-refractivity contribution in [2.75, 3.05) is 0 Å². The maximum Gasteiger partial charge on any atom is 0.128 e. The van der Waals surface area contributed by atoms with Crippen LogP contribution in [0, 0.1) is 0 Å². The van der Waals surface area contributed by atoms with Crippen LogP contribution in [-0.4, -0.2) is 5.11 Å². The topological polar surface area (TPSA) is 55.5 Å². The van der Waals surface area contributed by atoms with E-state index in [-0.39, 0.29) is 12.6 Å². The molecule has 2 aromatic rings. The summed E-state index contributed by atoms with van der Waals surface area (Å²) in [5, 5.41) is 8.98. The van der Waals surface area contributed by atoms with Crippen LogP contribution in [0.4, 0.5) is 0 Å². The first kappa shape index (κ1) is 14.1. The van der Waals surface area contributed by atoms with E-state index < -0.39 is 0 Å². The molecule has 100 valence electrons. The molecule has 1 atom stereocenters. The molecule has 0 aliphatic carbocycles. The fraction of sp³-hybridized carbons (Fsp3) is 0.200. The maximum absolute atomic E-state index is 8.98. The van der Waals surface area contributed by atoms with Gasteiger partial charge in [0.1, 0.15) is 11.5 Å². The number of aliphatic hydroxyl groups is 1. The highest BCUT2D eigenvalue weighted by atomic mass is 79.9. The third-order valence-electron chi connectivity index (χ3n) is 2.80. The Hall–Kier alpha value is -1.36. The number of aliphatic hydroxyl groups excluding tert-OH is 1. The van der Waals surface area contributed by atoms with Crippen LogP contribution < -0.4 is 10.5 Å². The third-order valence-corrected chi connectivity index (χ3v) is 3.49. The molecule has 0 aliphatic rings. The molecule has 0 bridgehead atoms. The monoisotopic (exact) mass is 321 g/mol. The van der Waals surface area contributed by atoms with E-state index >= 15 is 0 Å². The average molecular weight is 322 g/mol. The van der Waals surface area contributed by atoms with Gasteiger partial charge in [-0.05, 0) is 42.3 Å². The number of hydrogen-bond donors (Lipinski definition) is 2. The molecular formula is C15H16BrNO2. The van der Waals surface area contributed by atoms with Gasteiger partial charge in [-0.1, -0.05) is 34.1 Å². The van der Waals surface area contributed by atoms with E-state index in [1.54, 1.807) is 0 Å². The van der Waals surface area contributed by atoms with Crippen molar-refractivity contribution < 1.29 is 9.84 Å². The van der Waals surface area contributed by atoms with Crippen molar-refractivity contribution in [1.29, 1.82) is 0 Å². The fourth-order valence-electron chi connectivity index (χ4n) is 1.74. The van der Waals surface area contributed by atoms with Gasteiger partial charge >= 0.3 is 0 Å². The highest BCUT2D eigenvalue weighted by molar-refractivity contribution is 9.10. The van der Waals surface area contributed by atoms with Gasteiger partial charge in [-0.15, -0.1) is 0 Å². The Morgan fingerprint density at radius 1 is 1.16 bits per heavy atom. The highest BCUT2D eigenvalue weighted by Gasteiger charge is 2.06. The van der Waals surface area contributed by atoms with Crippen LogP contribution in [0.5, 0.6) is 11.5 Å². The lowest BCUT2D eigenvalue weighted by Gasteiger charge is -2.11. The number of benzene rings is 2. The molecule has 3 N–H and O–H groups in total.